The number of hydrogen-bond acceptors (Lipinski definition) is 4. The van der Waals surface area contributed by atoms with Crippen LogP contribution < -0.4 is 5.32 Å². The molecule has 2 atom stereocenters. The lowest BCUT2D eigenvalue weighted by Crippen LogP contribution is -2.48. The van der Waals surface area contributed by atoms with Gasteiger partial charge in [-0.1, -0.05) is 6.92 Å². The zero-order valence-electron chi connectivity index (χ0n) is 10.9. The summed E-state index contributed by atoms with van der Waals surface area (Å²) in [5.74, 6) is 0. The van der Waals surface area contributed by atoms with Crippen LogP contribution >= 0.6 is 0 Å². The van der Waals surface area contributed by atoms with E-state index in [2.05, 4.69) is 35.4 Å². The third-order valence-electron chi connectivity index (χ3n) is 3.36. The average Bonchev–Trinajstić information content (AvgIpc) is 2.73. The van der Waals surface area contributed by atoms with Crippen molar-refractivity contribution in [3.63, 3.8) is 0 Å². The van der Waals surface area contributed by atoms with Crippen molar-refractivity contribution in [3.05, 3.63) is 18.0 Å². The molecule has 1 aliphatic rings. The molecule has 1 aliphatic heterocycles. The van der Waals surface area contributed by atoms with Crippen LogP contribution in [0.1, 0.15) is 18.7 Å². The quantitative estimate of drug-likeness (QED) is 0.824. The van der Waals surface area contributed by atoms with Gasteiger partial charge in [0.05, 0.1) is 24.4 Å². The maximum absolute atomic E-state index is 5.90. The van der Waals surface area contributed by atoms with Gasteiger partial charge in [-0.3, -0.25) is 9.58 Å². The molecule has 5 nitrogen and oxygen atoms in total. The monoisotopic (exact) mass is 238 g/mol. The Kier molecular flexibility index (Phi) is 4.15. The molecule has 1 aromatic heterocycles. The first-order valence-electron chi connectivity index (χ1n) is 6.24. The van der Waals surface area contributed by atoms with Gasteiger partial charge >= 0.3 is 0 Å². The van der Waals surface area contributed by atoms with E-state index in [4.69, 9.17) is 4.74 Å². The summed E-state index contributed by atoms with van der Waals surface area (Å²) in [6.45, 7) is 5.75. The van der Waals surface area contributed by atoms with Crippen LogP contribution in [0.5, 0.6) is 0 Å². The second-order valence-corrected chi connectivity index (χ2v) is 4.52. The average molecular weight is 238 g/mol. The fourth-order valence-corrected chi connectivity index (χ4v) is 2.41. The maximum Gasteiger partial charge on any atom is 0.0911 e. The van der Waals surface area contributed by atoms with Crippen molar-refractivity contribution in [1.82, 2.24) is 20.0 Å². The first kappa shape index (κ1) is 12.5. The Bertz CT molecular complexity index is 352. The standard InChI is InChI=1S/C12H22N4O/c1-4-13-9-11-12(15(2)7-8-17-11)10-5-6-14-16(10)3/h5-6,11-13H,4,7-9H2,1-3H3. The highest BCUT2D eigenvalue weighted by molar-refractivity contribution is 5.10. The van der Waals surface area contributed by atoms with Gasteiger partial charge in [0.2, 0.25) is 0 Å². The summed E-state index contributed by atoms with van der Waals surface area (Å²) in [5.41, 5.74) is 1.22. The van der Waals surface area contributed by atoms with E-state index in [-0.39, 0.29) is 12.1 Å². The maximum atomic E-state index is 5.90. The molecule has 1 fully saturated rings. The van der Waals surface area contributed by atoms with Crippen molar-refractivity contribution < 1.29 is 4.74 Å². The van der Waals surface area contributed by atoms with Crippen LogP contribution in [0.2, 0.25) is 0 Å². The van der Waals surface area contributed by atoms with E-state index in [1.54, 1.807) is 0 Å². The summed E-state index contributed by atoms with van der Waals surface area (Å²) in [5, 5.41) is 7.62. The topological polar surface area (TPSA) is 42.3 Å². The van der Waals surface area contributed by atoms with E-state index >= 15 is 0 Å². The lowest BCUT2D eigenvalue weighted by atomic mass is 10.0. The number of nitrogens with zero attached hydrogens (tertiary/aromatic N) is 3. The predicted molar refractivity (Wildman–Crippen MR) is 66.9 cm³/mol. The molecule has 0 aliphatic carbocycles. The number of hydrogen-bond donors (Lipinski definition) is 1. The fourth-order valence-electron chi connectivity index (χ4n) is 2.41. The van der Waals surface area contributed by atoms with E-state index in [9.17, 15) is 0 Å². The highest BCUT2D eigenvalue weighted by Crippen LogP contribution is 2.27. The Morgan fingerprint density at radius 2 is 2.35 bits per heavy atom. The first-order chi connectivity index (χ1) is 8.24. The van der Waals surface area contributed by atoms with Gasteiger partial charge in [0.1, 0.15) is 0 Å². The molecule has 2 rings (SSSR count). The van der Waals surface area contributed by atoms with E-state index in [0.29, 0.717) is 0 Å². The van der Waals surface area contributed by atoms with Crippen molar-refractivity contribution in [2.45, 2.75) is 19.1 Å². The van der Waals surface area contributed by atoms with Crippen LogP contribution in [0.3, 0.4) is 0 Å². The van der Waals surface area contributed by atoms with E-state index in [1.807, 2.05) is 17.9 Å². The minimum absolute atomic E-state index is 0.198. The van der Waals surface area contributed by atoms with Crippen molar-refractivity contribution in [1.29, 1.82) is 0 Å². The molecular weight excluding hydrogens is 216 g/mol. The minimum Gasteiger partial charge on any atom is -0.374 e. The summed E-state index contributed by atoms with van der Waals surface area (Å²) in [6.07, 6.45) is 2.05. The zero-order valence-corrected chi connectivity index (χ0v) is 10.9. The van der Waals surface area contributed by atoms with Crippen molar-refractivity contribution >= 4 is 0 Å². The predicted octanol–water partition coefficient (Wildman–Crippen LogP) is 0.401. The normalized spacial score (nSPS) is 26.3. The second-order valence-electron chi connectivity index (χ2n) is 4.52. The largest absolute Gasteiger partial charge is 0.374 e. The molecule has 2 unspecified atom stereocenters. The molecule has 1 N–H and O–H groups in total. The Morgan fingerprint density at radius 1 is 1.53 bits per heavy atom. The molecule has 0 spiro atoms. The highest BCUT2D eigenvalue weighted by Gasteiger charge is 2.32. The number of aromatic nitrogens is 2. The van der Waals surface area contributed by atoms with Crippen molar-refractivity contribution in [2.75, 3.05) is 33.3 Å². The van der Waals surface area contributed by atoms with Crippen LogP contribution in [0.25, 0.3) is 0 Å². The zero-order chi connectivity index (χ0) is 12.3. The molecule has 0 saturated carbocycles. The van der Waals surface area contributed by atoms with Crippen LogP contribution in [-0.4, -0.2) is 54.1 Å². The Hall–Kier alpha value is -0.910. The lowest BCUT2D eigenvalue weighted by molar-refractivity contribution is -0.0635. The SMILES string of the molecule is CCNCC1OCCN(C)C1c1ccnn1C. The summed E-state index contributed by atoms with van der Waals surface area (Å²) in [4.78, 5) is 2.35. The van der Waals surface area contributed by atoms with Crippen molar-refractivity contribution in [2.24, 2.45) is 7.05 Å². The van der Waals surface area contributed by atoms with E-state index in [0.717, 1.165) is 26.2 Å². The summed E-state index contributed by atoms with van der Waals surface area (Å²) >= 11 is 0. The van der Waals surface area contributed by atoms with Gasteiger partial charge in [-0.2, -0.15) is 5.10 Å². The molecule has 5 heteroatoms. The molecule has 0 amide bonds. The lowest BCUT2D eigenvalue weighted by Gasteiger charge is -2.39. The third kappa shape index (κ3) is 2.68. The number of likely N-dealkylation sites (N-methyl/N-ethyl adjacent to an activating group) is 2. The van der Waals surface area contributed by atoms with Gasteiger partial charge in [-0.25, -0.2) is 0 Å². The number of ether oxygens (including phenoxy) is 1. The second kappa shape index (κ2) is 5.62. The molecule has 96 valence electrons. The molecule has 1 saturated heterocycles. The molecule has 0 radical (unpaired) electrons. The van der Waals surface area contributed by atoms with Crippen LogP contribution in [0.4, 0.5) is 0 Å². The molecule has 0 bridgehead atoms. The Morgan fingerprint density at radius 3 is 3.00 bits per heavy atom. The molecular formula is C12H22N4O. The van der Waals surface area contributed by atoms with Crippen LogP contribution in [0.15, 0.2) is 12.3 Å². The Labute approximate surface area is 103 Å². The van der Waals surface area contributed by atoms with Crippen LogP contribution in [-0.2, 0) is 11.8 Å². The number of nitrogens with one attached hydrogen (secondary N) is 1. The smallest absolute Gasteiger partial charge is 0.0911 e. The van der Waals surface area contributed by atoms with Gasteiger partial charge < -0.3 is 10.1 Å². The number of morpholine rings is 1. The molecule has 0 aromatic carbocycles. The van der Waals surface area contributed by atoms with Crippen molar-refractivity contribution in [3.8, 4) is 0 Å². The summed E-state index contributed by atoms with van der Waals surface area (Å²) in [6, 6.07) is 2.37. The number of aryl methyl sites for hydroxylation is 1. The van der Waals surface area contributed by atoms with Gasteiger partial charge in [-0.15, -0.1) is 0 Å². The fraction of sp³-hybridized carbons (Fsp3) is 0.750. The molecule has 2 heterocycles. The third-order valence-corrected chi connectivity index (χ3v) is 3.36. The molecule has 17 heavy (non-hydrogen) atoms. The minimum atomic E-state index is 0.198. The van der Waals surface area contributed by atoms with Gasteiger partial charge in [0.25, 0.3) is 0 Å². The Balaban J connectivity index is 2.16. The van der Waals surface area contributed by atoms with Gasteiger partial charge in [0.15, 0.2) is 0 Å². The summed E-state index contributed by atoms with van der Waals surface area (Å²) in [7, 11) is 4.14. The summed E-state index contributed by atoms with van der Waals surface area (Å²) < 4.78 is 7.84. The molecule has 1 aromatic rings. The number of rotatable bonds is 4. The van der Waals surface area contributed by atoms with Crippen LogP contribution in [0, 0.1) is 0 Å². The van der Waals surface area contributed by atoms with Gasteiger partial charge in [0, 0.05) is 26.3 Å². The van der Waals surface area contributed by atoms with E-state index < -0.39 is 0 Å². The first-order valence-corrected chi connectivity index (χ1v) is 6.24. The van der Waals surface area contributed by atoms with E-state index in [1.165, 1.54) is 5.69 Å². The highest BCUT2D eigenvalue weighted by atomic mass is 16.5. The van der Waals surface area contributed by atoms with Gasteiger partial charge in [-0.05, 0) is 19.7 Å².